The molecule has 20 nitrogen and oxygen atoms in total. The maximum absolute atomic E-state index is 13.6. The van der Waals surface area contributed by atoms with E-state index >= 15 is 0 Å². The van der Waals surface area contributed by atoms with E-state index in [1.54, 1.807) is 0 Å². The zero-order valence-electron chi connectivity index (χ0n) is 24.8. The molecule has 0 fully saturated rings. The first kappa shape index (κ1) is 34.3. The Morgan fingerprint density at radius 2 is 0.812 bits per heavy atom. The summed E-state index contributed by atoms with van der Waals surface area (Å²) in [4.78, 5) is 112. The molecule has 2 aromatic rings. The van der Waals surface area contributed by atoms with Gasteiger partial charge in [-0.2, -0.15) is 0 Å². The molecular weight excluding hydrogens is 644 g/mol. The van der Waals surface area contributed by atoms with Crippen molar-refractivity contribution in [3.63, 3.8) is 0 Å². The van der Waals surface area contributed by atoms with Crippen molar-refractivity contribution in [3.05, 3.63) is 48.6 Å². The molecule has 2 aliphatic heterocycles. The van der Waals surface area contributed by atoms with Gasteiger partial charge in [-0.05, 0) is 0 Å². The third-order valence-electron chi connectivity index (χ3n) is 6.80. The Bertz CT molecular complexity index is 1520. The Balaban J connectivity index is 1.55. The number of hydrazine groups is 1. The minimum Gasteiger partial charge on any atom is -0.492 e. The molecule has 0 aromatic carbocycles. The highest BCUT2D eigenvalue weighted by Crippen LogP contribution is 2.20. The lowest BCUT2D eigenvalue weighted by atomic mass is 10.3. The van der Waals surface area contributed by atoms with Gasteiger partial charge in [-0.25, -0.2) is 9.59 Å². The second-order valence-corrected chi connectivity index (χ2v) is 9.97. The lowest BCUT2D eigenvalue weighted by Crippen LogP contribution is -2.53. The van der Waals surface area contributed by atoms with Crippen LogP contribution < -0.4 is 9.68 Å². The Morgan fingerprint density at radius 1 is 0.521 bits per heavy atom. The fourth-order valence-electron chi connectivity index (χ4n) is 4.42. The highest BCUT2D eigenvalue weighted by Gasteiger charge is 2.32. The molecule has 0 radical (unpaired) electrons. The van der Waals surface area contributed by atoms with Crippen molar-refractivity contribution in [2.24, 2.45) is 0 Å². The maximum Gasteiger partial charge on any atom is 0.335 e. The van der Waals surface area contributed by atoms with Crippen molar-refractivity contribution >= 4 is 47.4 Å². The van der Waals surface area contributed by atoms with Crippen LogP contribution in [0.15, 0.2) is 48.6 Å². The number of rotatable bonds is 14. The van der Waals surface area contributed by atoms with E-state index in [0.717, 1.165) is 68.4 Å². The lowest BCUT2D eigenvalue weighted by Gasteiger charge is -2.35. The number of carbonyl (C=O) groups excluding carboxylic acids is 8. The molecule has 254 valence electrons. The zero-order valence-corrected chi connectivity index (χ0v) is 24.8. The molecular formula is C28H28N6O14. The average molecular weight is 673 g/mol. The maximum atomic E-state index is 13.6. The summed E-state index contributed by atoms with van der Waals surface area (Å²) >= 11 is 0. The quantitative estimate of drug-likeness (QED) is 0.122. The lowest BCUT2D eigenvalue weighted by molar-refractivity contribution is -0.168. The van der Waals surface area contributed by atoms with E-state index in [1.165, 1.54) is 0 Å². The van der Waals surface area contributed by atoms with Crippen molar-refractivity contribution in [1.82, 2.24) is 29.3 Å². The fourth-order valence-corrected chi connectivity index (χ4v) is 4.42. The minimum atomic E-state index is -1.12. The monoisotopic (exact) mass is 672 g/mol. The second-order valence-electron chi connectivity index (χ2n) is 9.97. The third kappa shape index (κ3) is 7.97. The van der Waals surface area contributed by atoms with Gasteiger partial charge in [0.05, 0.1) is 25.9 Å². The van der Waals surface area contributed by atoms with Gasteiger partial charge < -0.3 is 30.1 Å². The molecule has 0 bridgehead atoms. The number of hydrogen-bond donors (Lipinski definition) is 4. The number of hydrogen-bond acceptors (Lipinski definition) is 14. The van der Waals surface area contributed by atoms with Crippen LogP contribution in [0.5, 0.6) is 23.5 Å². The van der Waals surface area contributed by atoms with Crippen LogP contribution in [0.3, 0.4) is 0 Å². The molecule has 0 spiro atoms. The standard InChI is InChI=1S/C28H28N6O14/c35-17-1-2-18(36)29(17)13-9-21(39)31(15-11-27(45)47-33-23(41)5-6-24(33)42)32(22(40)10-14-30-19(37)3-4-20(30)38)16-12-28(46)48-34-25(43)7-8-26(34)44/h1-8,41-44H,9-16H2. The van der Waals surface area contributed by atoms with Gasteiger partial charge in [0.15, 0.2) is 0 Å². The van der Waals surface area contributed by atoms with Crippen molar-refractivity contribution in [2.45, 2.75) is 25.7 Å². The molecule has 20 heteroatoms. The summed E-state index contributed by atoms with van der Waals surface area (Å²) in [5, 5.41) is 40.5. The summed E-state index contributed by atoms with van der Waals surface area (Å²) in [5.41, 5.74) is 0. The highest BCUT2D eigenvalue weighted by atomic mass is 16.7. The average Bonchev–Trinajstić information content (AvgIpc) is 3.75. The van der Waals surface area contributed by atoms with Gasteiger partial charge in [0.2, 0.25) is 35.3 Å². The molecule has 4 heterocycles. The topological polar surface area (TPSA) is 259 Å². The number of aromatic nitrogens is 2. The van der Waals surface area contributed by atoms with E-state index in [1.807, 2.05) is 0 Å². The molecule has 2 aromatic heterocycles. The fraction of sp³-hybridized carbons (Fsp3) is 0.286. The molecule has 0 unspecified atom stereocenters. The predicted octanol–water partition coefficient (Wildman–Crippen LogP) is -2.29. The van der Waals surface area contributed by atoms with Crippen molar-refractivity contribution in [3.8, 4) is 23.5 Å². The molecule has 0 saturated heterocycles. The molecule has 4 rings (SSSR count). The first-order valence-electron chi connectivity index (χ1n) is 14.1. The summed E-state index contributed by atoms with van der Waals surface area (Å²) in [5.74, 6) is -9.46. The van der Waals surface area contributed by atoms with Crippen LogP contribution >= 0.6 is 0 Å². The van der Waals surface area contributed by atoms with Gasteiger partial charge >= 0.3 is 11.9 Å². The first-order valence-corrected chi connectivity index (χ1v) is 14.1. The van der Waals surface area contributed by atoms with E-state index in [2.05, 4.69) is 0 Å². The predicted molar refractivity (Wildman–Crippen MR) is 152 cm³/mol. The Hall–Kier alpha value is -6.60. The van der Waals surface area contributed by atoms with Crippen LogP contribution in [0.2, 0.25) is 0 Å². The summed E-state index contributed by atoms with van der Waals surface area (Å²) in [6, 6.07) is 4.08. The van der Waals surface area contributed by atoms with E-state index in [9.17, 15) is 58.8 Å². The number of nitrogens with zero attached hydrogens (tertiary/aromatic N) is 6. The smallest absolute Gasteiger partial charge is 0.335 e. The largest absolute Gasteiger partial charge is 0.492 e. The molecule has 0 atom stereocenters. The Morgan fingerprint density at radius 3 is 1.10 bits per heavy atom. The van der Waals surface area contributed by atoms with Gasteiger partial charge in [0, 0.05) is 74.5 Å². The van der Waals surface area contributed by atoms with Crippen LogP contribution in [0.4, 0.5) is 0 Å². The molecule has 4 N–H and O–H groups in total. The molecule has 48 heavy (non-hydrogen) atoms. The van der Waals surface area contributed by atoms with Gasteiger partial charge in [0.25, 0.3) is 23.6 Å². The zero-order chi connectivity index (χ0) is 35.1. The van der Waals surface area contributed by atoms with Gasteiger partial charge in [0.1, 0.15) is 0 Å². The third-order valence-corrected chi connectivity index (χ3v) is 6.80. The minimum absolute atomic E-state index is 0.384. The highest BCUT2D eigenvalue weighted by molar-refractivity contribution is 6.13. The van der Waals surface area contributed by atoms with E-state index in [0.29, 0.717) is 9.46 Å². The second kappa shape index (κ2) is 14.7. The summed E-state index contributed by atoms with van der Waals surface area (Å²) < 4.78 is 0.768. The van der Waals surface area contributed by atoms with Crippen LogP contribution in [-0.4, -0.2) is 123 Å². The number of amides is 6. The molecule has 0 aliphatic carbocycles. The van der Waals surface area contributed by atoms with Crippen molar-refractivity contribution in [2.75, 3.05) is 26.2 Å². The molecule has 6 amide bonds. The van der Waals surface area contributed by atoms with E-state index < -0.39 is 123 Å². The normalized spacial score (nSPS) is 13.8. The number of carbonyl (C=O) groups is 8. The number of imide groups is 2. The van der Waals surface area contributed by atoms with Gasteiger partial charge in [-0.15, -0.1) is 9.46 Å². The van der Waals surface area contributed by atoms with Crippen LogP contribution in [0, 0.1) is 0 Å². The van der Waals surface area contributed by atoms with Crippen molar-refractivity contribution in [1.29, 1.82) is 0 Å². The van der Waals surface area contributed by atoms with Gasteiger partial charge in [-0.1, -0.05) is 0 Å². The summed E-state index contributed by atoms with van der Waals surface area (Å²) in [7, 11) is 0. The number of aromatic hydroxyl groups is 4. The SMILES string of the molecule is O=C(CCN(C(=O)CCN1C(=O)C=CC1=O)N(CCC(=O)On1c(O)ccc1O)C(=O)CCN1C(=O)C=CC1=O)On1c(O)ccc1O. The Labute approximate surface area is 269 Å². The molecule has 2 aliphatic rings. The van der Waals surface area contributed by atoms with Crippen LogP contribution in [-0.2, 0) is 38.4 Å². The van der Waals surface area contributed by atoms with Crippen molar-refractivity contribution < 1.29 is 68.5 Å². The van der Waals surface area contributed by atoms with E-state index in [-0.39, 0.29) is 0 Å². The summed E-state index contributed by atoms with van der Waals surface area (Å²) in [6.45, 7) is -2.14. The van der Waals surface area contributed by atoms with Gasteiger partial charge in [-0.3, -0.25) is 48.6 Å². The van der Waals surface area contributed by atoms with E-state index in [4.69, 9.17) is 9.68 Å². The molecule has 0 saturated carbocycles. The van der Waals surface area contributed by atoms with Crippen LogP contribution in [0.25, 0.3) is 0 Å². The Kier molecular flexibility index (Phi) is 10.5. The summed E-state index contributed by atoms with van der Waals surface area (Å²) in [6.07, 6.45) is 1.46. The first-order chi connectivity index (χ1) is 22.8. The van der Waals surface area contributed by atoms with Crippen LogP contribution in [0.1, 0.15) is 25.7 Å².